The van der Waals surface area contributed by atoms with E-state index in [4.69, 9.17) is 14.5 Å². The first kappa shape index (κ1) is 24.5. The van der Waals surface area contributed by atoms with Gasteiger partial charge in [-0.1, -0.05) is 30.3 Å². The molecule has 174 valence electrons. The van der Waals surface area contributed by atoms with Crippen molar-refractivity contribution in [2.24, 2.45) is 0 Å². The van der Waals surface area contributed by atoms with Crippen LogP contribution in [0.1, 0.15) is 35.0 Å². The first-order valence-corrected chi connectivity index (χ1v) is 11.3. The van der Waals surface area contributed by atoms with Crippen LogP contribution < -0.4 is 10.6 Å². The smallest absolute Gasteiger partial charge is 0.340 e. The Balaban J connectivity index is 1.61. The number of amides is 2. The Morgan fingerprint density at radius 1 is 1.15 bits per heavy atom. The van der Waals surface area contributed by atoms with Crippen molar-refractivity contribution in [3.05, 3.63) is 71.5 Å². The van der Waals surface area contributed by atoms with E-state index in [-0.39, 0.29) is 29.5 Å². The third-order valence-electron chi connectivity index (χ3n) is 4.53. The summed E-state index contributed by atoms with van der Waals surface area (Å²) in [6, 6.07) is 16.8. The maximum absolute atomic E-state index is 12.8. The Bertz CT molecular complexity index is 1230. The van der Waals surface area contributed by atoms with Crippen molar-refractivity contribution in [1.29, 1.82) is 5.26 Å². The molecule has 1 atom stereocenters. The highest BCUT2D eigenvalue weighted by molar-refractivity contribution is 8.00. The molecule has 0 saturated heterocycles. The van der Waals surface area contributed by atoms with Gasteiger partial charge in [0.15, 0.2) is 11.9 Å². The Kier molecular flexibility index (Phi) is 8.43. The average Bonchev–Trinajstić information content (AvgIpc) is 3.25. The normalized spacial score (nSPS) is 11.2. The largest absolute Gasteiger partial charge is 0.449 e. The summed E-state index contributed by atoms with van der Waals surface area (Å²) < 4.78 is 10.4. The van der Waals surface area contributed by atoms with Gasteiger partial charge in [0.2, 0.25) is 5.91 Å². The predicted molar refractivity (Wildman–Crippen MR) is 126 cm³/mol. The lowest BCUT2D eigenvalue weighted by molar-refractivity contribution is -0.124. The number of nitrogens with zero attached hydrogens (tertiary/aromatic N) is 2. The van der Waals surface area contributed by atoms with Crippen LogP contribution in [0.15, 0.2) is 64.0 Å². The Labute approximate surface area is 200 Å². The molecule has 1 aromatic heterocycles. The van der Waals surface area contributed by atoms with E-state index >= 15 is 0 Å². The van der Waals surface area contributed by atoms with Crippen LogP contribution in [0.4, 0.5) is 11.5 Å². The molecule has 0 aliphatic carbocycles. The third kappa shape index (κ3) is 6.70. The molecule has 2 aromatic carbocycles. The molecule has 0 fully saturated rings. The number of esters is 1. The minimum atomic E-state index is -1.03. The highest BCUT2D eigenvalue weighted by Gasteiger charge is 2.24. The van der Waals surface area contributed by atoms with Gasteiger partial charge < -0.3 is 19.9 Å². The summed E-state index contributed by atoms with van der Waals surface area (Å²) in [4.78, 5) is 38.2. The van der Waals surface area contributed by atoms with Crippen LogP contribution in [-0.2, 0) is 14.3 Å². The number of anilines is 2. The van der Waals surface area contributed by atoms with Crippen LogP contribution >= 0.6 is 11.8 Å². The first-order chi connectivity index (χ1) is 16.4. The van der Waals surface area contributed by atoms with Gasteiger partial charge in [0, 0.05) is 16.6 Å². The molecule has 3 aromatic rings. The molecule has 0 aliphatic rings. The van der Waals surface area contributed by atoms with Gasteiger partial charge in [-0.3, -0.25) is 9.59 Å². The van der Waals surface area contributed by atoms with Crippen molar-refractivity contribution in [2.75, 3.05) is 16.4 Å². The lowest BCUT2D eigenvalue weighted by Crippen LogP contribution is -2.32. The van der Waals surface area contributed by atoms with Crippen LogP contribution in [-0.4, -0.2) is 34.8 Å². The summed E-state index contributed by atoms with van der Waals surface area (Å²) in [6.45, 7) is 3.41. The molecule has 10 heteroatoms. The van der Waals surface area contributed by atoms with E-state index in [1.54, 1.807) is 68.4 Å². The van der Waals surface area contributed by atoms with Gasteiger partial charge in [0.1, 0.15) is 5.76 Å². The van der Waals surface area contributed by atoms with E-state index in [0.29, 0.717) is 21.9 Å². The number of hydrogen-bond donors (Lipinski definition) is 2. The summed E-state index contributed by atoms with van der Waals surface area (Å²) in [5.74, 6) is -0.689. The zero-order valence-electron chi connectivity index (χ0n) is 18.5. The summed E-state index contributed by atoms with van der Waals surface area (Å²) in [7, 11) is 0. The molecule has 0 spiro atoms. The molecule has 0 saturated carbocycles. The fourth-order valence-corrected chi connectivity index (χ4v) is 3.76. The maximum Gasteiger partial charge on any atom is 0.340 e. The van der Waals surface area contributed by atoms with Gasteiger partial charge in [-0.25, -0.2) is 4.79 Å². The van der Waals surface area contributed by atoms with Crippen molar-refractivity contribution in [3.63, 3.8) is 0 Å². The number of carbonyl (C=O) groups excluding carboxylic acids is 3. The third-order valence-corrected chi connectivity index (χ3v) is 5.61. The van der Waals surface area contributed by atoms with Crippen molar-refractivity contribution >= 4 is 41.1 Å². The molecule has 0 radical (unpaired) electrons. The van der Waals surface area contributed by atoms with Gasteiger partial charge in [-0.05, 0) is 43.7 Å². The zero-order valence-corrected chi connectivity index (χ0v) is 19.3. The molecule has 2 amide bonds. The minimum absolute atomic E-state index is 0.0320. The van der Waals surface area contributed by atoms with Gasteiger partial charge in [-0.15, -0.1) is 11.8 Å². The molecular weight excluding hydrogens is 456 g/mol. The number of nitriles is 1. The number of aryl methyl sites for hydroxylation is 1. The number of hydrogen-bond acceptors (Lipinski definition) is 8. The highest BCUT2D eigenvalue weighted by Crippen LogP contribution is 2.24. The number of rotatable bonds is 9. The standard InChI is InChI=1S/C24H22N4O5S/c1-3-19(23(30)27-21-11-15(2)33-28-21)32-24(31)18-9-4-5-10-20(18)34-14-22(29)26-17-8-6-7-16(12-17)13-25/h4-12,19H,3,14H2,1-2H3,(H,26,29)(H,27,28,30). The van der Waals surface area contributed by atoms with Crippen molar-refractivity contribution in [2.45, 2.75) is 31.3 Å². The second kappa shape index (κ2) is 11.7. The van der Waals surface area contributed by atoms with Crippen molar-refractivity contribution in [3.8, 4) is 6.07 Å². The average molecular weight is 479 g/mol. The highest BCUT2D eigenvalue weighted by atomic mass is 32.2. The molecule has 9 nitrogen and oxygen atoms in total. The van der Waals surface area contributed by atoms with Crippen LogP contribution in [0.5, 0.6) is 0 Å². The summed E-state index contributed by atoms with van der Waals surface area (Å²) in [5.41, 5.74) is 1.19. The lowest BCUT2D eigenvalue weighted by atomic mass is 10.2. The van der Waals surface area contributed by atoms with E-state index in [1.165, 1.54) is 0 Å². The molecule has 34 heavy (non-hydrogen) atoms. The maximum atomic E-state index is 12.8. The fraction of sp³-hybridized carbons (Fsp3) is 0.208. The minimum Gasteiger partial charge on any atom is -0.449 e. The van der Waals surface area contributed by atoms with Gasteiger partial charge in [0.25, 0.3) is 5.91 Å². The quantitative estimate of drug-likeness (QED) is 0.346. The van der Waals surface area contributed by atoms with Crippen LogP contribution in [0.2, 0.25) is 0 Å². The zero-order chi connectivity index (χ0) is 24.5. The Hall–Kier alpha value is -4.10. The topological polar surface area (TPSA) is 134 Å². The number of nitrogens with one attached hydrogen (secondary N) is 2. The number of carbonyl (C=O) groups is 3. The van der Waals surface area contributed by atoms with E-state index in [1.807, 2.05) is 6.07 Å². The fourth-order valence-electron chi connectivity index (χ4n) is 2.91. The number of benzene rings is 2. The molecule has 0 bridgehead atoms. The van der Waals surface area contributed by atoms with Gasteiger partial charge >= 0.3 is 5.97 Å². The number of thioether (sulfide) groups is 1. The van der Waals surface area contributed by atoms with E-state index in [9.17, 15) is 14.4 Å². The van der Waals surface area contributed by atoms with Gasteiger partial charge in [-0.2, -0.15) is 5.26 Å². The van der Waals surface area contributed by atoms with E-state index in [2.05, 4.69) is 15.8 Å². The van der Waals surface area contributed by atoms with Crippen molar-refractivity contribution in [1.82, 2.24) is 5.16 Å². The lowest BCUT2D eigenvalue weighted by Gasteiger charge is -2.16. The van der Waals surface area contributed by atoms with Crippen LogP contribution in [0.25, 0.3) is 0 Å². The first-order valence-electron chi connectivity index (χ1n) is 10.4. The van der Waals surface area contributed by atoms with E-state index < -0.39 is 18.0 Å². The molecule has 1 heterocycles. The number of aromatic nitrogens is 1. The predicted octanol–water partition coefficient (Wildman–Crippen LogP) is 4.16. The second-order valence-electron chi connectivity index (χ2n) is 7.14. The monoisotopic (exact) mass is 478 g/mol. The SMILES string of the molecule is CCC(OC(=O)c1ccccc1SCC(=O)Nc1cccc(C#N)c1)C(=O)Nc1cc(C)on1. The summed E-state index contributed by atoms with van der Waals surface area (Å²) in [5, 5.41) is 18.0. The molecule has 3 rings (SSSR count). The van der Waals surface area contributed by atoms with Crippen LogP contribution in [0, 0.1) is 18.3 Å². The van der Waals surface area contributed by atoms with Crippen LogP contribution in [0.3, 0.4) is 0 Å². The molecule has 2 N–H and O–H groups in total. The van der Waals surface area contributed by atoms with Crippen molar-refractivity contribution < 1.29 is 23.6 Å². The Morgan fingerprint density at radius 3 is 2.65 bits per heavy atom. The molecular formula is C24H22N4O5S. The molecule has 0 aliphatic heterocycles. The van der Waals surface area contributed by atoms with Gasteiger partial charge in [0.05, 0.1) is 22.9 Å². The summed E-state index contributed by atoms with van der Waals surface area (Å²) >= 11 is 1.16. The number of ether oxygens (including phenoxy) is 1. The Morgan fingerprint density at radius 2 is 1.94 bits per heavy atom. The second-order valence-corrected chi connectivity index (χ2v) is 8.16. The molecule has 1 unspecified atom stereocenters. The summed E-state index contributed by atoms with van der Waals surface area (Å²) in [6.07, 6.45) is -0.772. The van der Waals surface area contributed by atoms with E-state index in [0.717, 1.165) is 11.8 Å².